The molecule has 4 aromatic rings. The van der Waals surface area contributed by atoms with Crippen LogP contribution in [0.1, 0.15) is 21.6 Å². The zero-order valence-electron chi connectivity index (χ0n) is 15.9. The van der Waals surface area contributed by atoms with Gasteiger partial charge in [0, 0.05) is 6.54 Å². The van der Waals surface area contributed by atoms with E-state index in [-0.39, 0.29) is 5.97 Å². The van der Waals surface area contributed by atoms with Gasteiger partial charge in [0.15, 0.2) is 5.82 Å². The summed E-state index contributed by atoms with van der Waals surface area (Å²) in [5.74, 6) is 1.18. The SMILES string of the molecule is COC(=O)c1ccc2nc(NCc3ccc(OC)cc3)c3c(C)ncn3c2c1. The van der Waals surface area contributed by atoms with Gasteiger partial charge in [0.1, 0.15) is 17.6 Å². The fourth-order valence-electron chi connectivity index (χ4n) is 3.19. The second-order valence-corrected chi connectivity index (χ2v) is 6.41. The molecule has 0 fully saturated rings. The van der Waals surface area contributed by atoms with Gasteiger partial charge >= 0.3 is 5.97 Å². The molecule has 0 aliphatic carbocycles. The smallest absolute Gasteiger partial charge is 0.337 e. The number of hydrogen-bond donors (Lipinski definition) is 1. The molecule has 0 bridgehead atoms. The molecule has 2 aromatic carbocycles. The molecule has 0 aliphatic heterocycles. The number of carbonyl (C=O) groups excluding carboxylic acids is 1. The number of methoxy groups -OCH3 is 2. The zero-order valence-corrected chi connectivity index (χ0v) is 15.9. The molecule has 0 saturated heterocycles. The second kappa shape index (κ2) is 7.19. The normalized spacial score (nSPS) is 11.0. The number of fused-ring (bicyclic) bond motifs is 3. The van der Waals surface area contributed by atoms with Crippen LogP contribution in [0.3, 0.4) is 0 Å². The average Bonchev–Trinajstić information content (AvgIpc) is 3.13. The Hall–Kier alpha value is -3.61. The maximum Gasteiger partial charge on any atom is 0.337 e. The quantitative estimate of drug-likeness (QED) is 0.536. The van der Waals surface area contributed by atoms with E-state index in [9.17, 15) is 4.79 Å². The van der Waals surface area contributed by atoms with E-state index in [0.717, 1.165) is 39.4 Å². The van der Waals surface area contributed by atoms with E-state index >= 15 is 0 Å². The van der Waals surface area contributed by atoms with Crippen LogP contribution >= 0.6 is 0 Å². The van der Waals surface area contributed by atoms with E-state index in [0.29, 0.717) is 12.1 Å². The number of ether oxygens (including phenoxy) is 2. The Morgan fingerprint density at radius 2 is 1.93 bits per heavy atom. The topological polar surface area (TPSA) is 77.8 Å². The predicted octanol–water partition coefficient (Wildman–Crippen LogP) is 3.60. The molecule has 0 atom stereocenters. The summed E-state index contributed by atoms with van der Waals surface area (Å²) in [6.07, 6.45) is 1.74. The minimum Gasteiger partial charge on any atom is -0.497 e. The van der Waals surface area contributed by atoms with Crippen molar-refractivity contribution in [3.05, 3.63) is 65.6 Å². The number of imidazole rings is 1. The summed E-state index contributed by atoms with van der Waals surface area (Å²) in [4.78, 5) is 21.1. The van der Waals surface area contributed by atoms with Gasteiger partial charge in [0.05, 0.1) is 36.5 Å². The summed E-state index contributed by atoms with van der Waals surface area (Å²) in [6, 6.07) is 13.2. The highest BCUT2D eigenvalue weighted by Gasteiger charge is 2.14. The summed E-state index contributed by atoms with van der Waals surface area (Å²) >= 11 is 0. The lowest BCUT2D eigenvalue weighted by Gasteiger charge is -2.12. The lowest BCUT2D eigenvalue weighted by atomic mass is 10.2. The first-order valence-electron chi connectivity index (χ1n) is 8.83. The minimum atomic E-state index is -0.381. The van der Waals surface area contributed by atoms with Gasteiger partial charge < -0.3 is 14.8 Å². The van der Waals surface area contributed by atoms with Crippen LogP contribution < -0.4 is 10.1 Å². The number of esters is 1. The molecule has 2 heterocycles. The van der Waals surface area contributed by atoms with Crippen LogP contribution in [0.25, 0.3) is 16.6 Å². The molecule has 142 valence electrons. The molecule has 0 aliphatic rings. The third kappa shape index (κ3) is 3.11. The molecule has 7 nitrogen and oxygen atoms in total. The second-order valence-electron chi connectivity index (χ2n) is 6.41. The third-order valence-electron chi connectivity index (χ3n) is 4.68. The van der Waals surface area contributed by atoms with Gasteiger partial charge in [-0.25, -0.2) is 14.8 Å². The maximum atomic E-state index is 11.9. The number of benzene rings is 2. The van der Waals surface area contributed by atoms with Crippen LogP contribution in [0.4, 0.5) is 5.82 Å². The first-order valence-corrected chi connectivity index (χ1v) is 8.83. The molecule has 0 saturated carbocycles. The summed E-state index contributed by atoms with van der Waals surface area (Å²) < 4.78 is 12.0. The largest absolute Gasteiger partial charge is 0.497 e. The van der Waals surface area contributed by atoms with E-state index in [4.69, 9.17) is 14.5 Å². The van der Waals surface area contributed by atoms with E-state index in [2.05, 4.69) is 10.3 Å². The van der Waals surface area contributed by atoms with Crippen LogP contribution in [-0.4, -0.2) is 34.6 Å². The molecule has 7 heteroatoms. The van der Waals surface area contributed by atoms with E-state index < -0.39 is 0 Å². The fraction of sp³-hybridized carbons (Fsp3) is 0.190. The van der Waals surface area contributed by atoms with Crippen LogP contribution in [0, 0.1) is 6.92 Å². The van der Waals surface area contributed by atoms with Crippen molar-refractivity contribution in [1.29, 1.82) is 0 Å². The van der Waals surface area contributed by atoms with Gasteiger partial charge in [-0.3, -0.25) is 4.40 Å². The van der Waals surface area contributed by atoms with Gasteiger partial charge in [-0.2, -0.15) is 0 Å². The Labute approximate surface area is 161 Å². The van der Waals surface area contributed by atoms with Crippen LogP contribution in [0.2, 0.25) is 0 Å². The van der Waals surface area contributed by atoms with Gasteiger partial charge in [-0.05, 0) is 42.8 Å². The van der Waals surface area contributed by atoms with Crippen molar-refractivity contribution in [2.45, 2.75) is 13.5 Å². The number of nitrogens with one attached hydrogen (secondary N) is 1. The molecule has 28 heavy (non-hydrogen) atoms. The maximum absolute atomic E-state index is 11.9. The molecule has 0 amide bonds. The lowest BCUT2D eigenvalue weighted by molar-refractivity contribution is 0.0601. The fourth-order valence-corrected chi connectivity index (χ4v) is 3.19. The number of hydrogen-bond acceptors (Lipinski definition) is 6. The van der Waals surface area contributed by atoms with Crippen molar-refractivity contribution in [2.24, 2.45) is 0 Å². The molecular formula is C21H20N4O3. The Bertz CT molecular complexity index is 1170. The number of anilines is 1. The van der Waals surface area contributed by atoms with Crippen molar-refractivity contribution in [2.75, 3.05) is 19.5 Å². The summed E-state index contributed by atoms with van der Waals surface area (Å²) in [6.45, 7) is 2.55. The Balaban J connectivity index is 1.74. The lowest BCUT2D eigenvalue weighted by Crippen LogP contribution is -2.06. The Kier molecular flexibility index (Phi) is 4.57. The molecule has 0 radical (unpaired) electrons. The Morgan fingerprint density at radius 1 is 1.14 bits per heavy atom. The van der Waals surface area contributed by atoms with Crippen LogP contribution in [0.15, 0.2) is 48.8 Å². The number of aryl methyl sites for hydroxylation is 1. The molecule has 2 aromatic heterocycles. The van der Waals surface area contributed by atoms with Crippen molar-refractivity contribution < 1.29 is 14.3 Å². The summed E-state index contributed by atoms with van der Waals surface area (Å²) in [5.41, 5.74) is 4.88. The molecule has 0 unspecified atom stereocenters. The Morgan fingerprint density at radius 3 is 2.64 bits per heavy atom. The molecule has 1 N–H and O–H groups in total. The predicted molar refractivity (Wildman–Crippen MR) is 107 cm³/mol. The number of nitrogens with zero attached hydrogens (tertiary/aromatic N) is 3. The number of carbonyl (C=O) groups is 1. The zero-order chi connectivity index (χ0) is 19.7. The van der Waals surface area contributed by atoms with Crippen molar-refractivity contribution >= 4 is 28.3 Å². The minimum absolute atomic E-state index is 0.381. The van der Waals surface area contributed by atoms with Gasteiger partial charge in [-0.15, -0.1) is 0 Å². The molecule has 0 spiro atoms. The van der Waals surface area contributed by atoms with Crippen molar-refractivity contribution in [1.82, 2.24) is 14.4 Å². The molecular weight excluding hydrogens is 356 g/mol. The van der Waals surface area contributed by atoms with Crippen molar-refractivity contribution in [3.63, 3.8) is 0 Å². The highest BCUT2D eigenvalue weighted by Crippen LogP contribution is 2.25. The standard InChI is InChI=1S/C21H20N4O3/c1-13-19-20(22-11-14-4-7-16(27-2)8-5-14)24-17-9-6-15(21(26)28-3)10-18(17)25(19)12-23-13/h4-10,12H,11H2,1-3H3,(H,22,24). The van der Waals surface area contributed by atoms with Gasteiger partial charge in [-0.1, -0.05) is 12.1 Å². The van der Waals surface area contributed by atoms with E-state index in [1.807, 2.05) is 41.7 Å². The highest BCUT2D eigenvalue weighted by molar-refractivity contribution is 5.95. The van der Waals surface area contributed by atoms with Crippen LogP contribution in [0.5, 0.6) is 5.75 Å². The molecule has 4 rings (SSSR count). The average molecular weight is 376 g/mol. The number of aromatic nitrogens is 3. The first-order chi connectivity index (χ1) is 13.6. The van der Waals surface area contributed by atoms with Gasteiger partial charge in [0.2, 0.25) is 0 Å². The summed E-state index contributed by atoms with van der Waals surface area (Å²) in [5, 5.41) is 3.40. The highest BCUT2D eigenvalue weighted by atomic mass is 16.5. The van der Waals surface area contributed by atoms with E-state index in [1.165, 1.54) is 7.11 Å². The monoisotopic (exact) mass is 376 g/mol. The van der Waals surface area contributed by atoms with Crippen molar-refractivity contribution in [3.8, 4) is 5.75 Å². The summed E-state index contributed by atoms with van der Waals surface area (Å²) in [7, 11) is 3.02. The van der Waals surface area contributed by atoms with Gasteiger partial charge in [0.25, 0.3) is 0 Å². The number of rotatable bonds is 5. The third-order valence-corrected chi connectivity index (χ3v) is 4.68. The van der Waals surface area contributed by atoms with E-state index in [1.54, 1.807) is 25.6 Å². The first kappa shape index (κ1) is 17.8. The van der Waals surface area contributed by atoms with Crippen LogP contribution in [-0.2, 0) is 11.3 Å².